The van der Waals surface area contributed by atoms with Crippen LogP contribution in [0, 0.1) is 6.92 Å². The summed E-state index contributed by atoms with van der Waals surface area (Å²) >= 11 is 0. The van der Waals surface area contributed by atoms with Gasteiger partial charge >= 0.3 is 5.97 Å². The second kappa shape index (κ2) is 6.47. The Morgan fingerprint density at radius 1 is 1.24 bits per heavy atom. The fraction of sp³-hybridized carbons (Fsp3) is 0.533. The first-order chi connectivity index (χ1) is 9.87. The second-order valence-electron chi connectivity index (χ2n) is 5.56. The van der Waals surface area contributed by atoms with E-state index in [-0.39, 0.29) is 24.0 Å². The lowest BCUT2D eigenvalue weighted by Gasteiger charge is -2.36. The molecule has 1 saturated heterocycles. The van der Waals surface area contributed by atoms with Crippen molar-refractivity contribution in [1.29, 1.82) is 0 Å². The number of anilines is 1. The first-order valence-electron chi connectivity index (χ1n) is 7.13. The summed E-state index contributed by atoms with van der Waals surface area (Å²) in [5, 5.41) is 8.91. The smallest absolute Gasteiger partial charge is 0.305 e. The van der Waals surface area contributed by atoms with Gasteiger partial charge in [0.15, 0.2) is 0 Å². The number of sulfone groups is 1. The third kappa shape index (κ3) is 4.46. The van der Waals surface area contributed by atoms with Crippen molar-refractivity contribution < 1.29 is 18.3 Å². The summed E-state index contributed by atoms with van der Waals surface area (Å²) in [6.45, 7) is 2.40. The van der Waals surface area contributed by atoms with Crippen molar-refractivity contribution in [2.24, 2.45) is 0 Å². The average Bonchev–Trinajstić information content (AvgIpc) is 2.42. The van der Waals surface area contributed by atoms with Gasteiger partial charge in [-0.2, -0.15) is 0 Å². The Hall–Kier alpha value is -1.56. The SMILES string of the molecule is Cc1ccc(N(CCC(=O)O)C2CCS(=O)(=O)CC2)cc1. The van der Waals surface area contributed by atoms with E-state index in [0.29, 0.717) is 19.4 Å². The first kappa shape index (κ1) is 15.8. The molecule has 1 heterocycles. The minimum atomic E-state index is -2.91. The fourth-order valence-corrected chi connectivity index (χ4v) is 4.13. The molecule has 0 amide bonds. The molecule has 1 aromatic carbocycles. The van der Waals surface area contributed by atoms with Crippen LogP contribution in [-0.2, 0) is 14.6 Å². The highest BCUT2D eigenvalue weighted by molar-refractivity contribution is 7.91. The first-order valence-corrected chi connectivity index (χ1v) is 8.95. The number of carboxylic acid groups (broad SMARTS) is 1. The lowest BCUT2D eigenvalue weighted by molar-refractivity contribution is -0.136. The van der Waals surface area contributed by atoms with Crippen LogP contribution in [0.2, 0.25) is 0 Å². The number of hydrogen-bond donors (Lipinski definition) is 1. The topological polar surface area (TPSA) is 74.7 Å². The van der Waals surface area contributed by atoms with Crippen molar-refractivity contribution in [1.82, 2.24) is 0 Å². The number of rotatable bonds is 5. The zero-order chi connectivity index (χ0) is 15.5. The van der Waals surface area contributed by atoms with Crippen LogP contribution in [-0.4, -0.2) is 43.6 Å². The third-order valence-electron chi connectivity index (χ3n) is 3.90. The maximum atomic E-state index is 11.6. The van der Waals surface area contributed by atoms with Crippen LogP contribution >= 0.6 is 0 Å². The standard InChI is InChI=1S/C15H21NO4S/c1-12-2-4-13(5-3-12)16(9-6-15(17)18)14-7-10-21(19,20)11-8-14/h2-5,14H,6-11H2,1H3,(H,17,18). The Morgan fingerprint density at radius 3 is 2.33 bits per heavy atom. The molecular formula is C15H21NO4S. The van der Waals surface area contributed by atoms with Crippen molar-refractivity contribution >= 4 is 21.5 Å². The van der Waals surface area contributed by atoms with Crippen LogP contribution in [0.4, 0.5) is 5.69 Å². The fourth-order valence-electron chi connectivity index (χ4n) is 2.66. The Morgan fingerprint density at radius 2 is 1.81 bits per heavy atom. The molecule has 1 aliphatic heterocycles. The molecule has 1 N–H and O–H groups in total. The molecule has 0 atom stereocenters. The molecule has 0 bridgehead atoms. The predicted molar refractivity (Wildman–Crippen MR) is 82.5 cm³/mol. The van der Waals surface area contributed by atoms with Crippen LogP contribution in [0.1, 0.15) is 24.8 Å². The molecule has 0 spiro atoms. The maximum Gasteiger partial charge on any atom is 0.305 e. The molecule has 6 heteroatoms. The molecular weight excluding hydrogens is 290 g/mol. The summed E-state index contributed by atoms with van der Waals surface area (Å²) in [4.78, 5) is 12.9. The molecule has 5 nitrogen and oxygen atoms in total. The van der Waals surface area contributed by atoms with Gasteiger partial charge in [0.25, 0.3) is 0 Å². The molecule has 2 rings (SSSR count). The van der Waals surface area contributed by atoms with Gasteiger partial charge in [-0.25, -0.2) is 8.42 Å². The van der Waals surface area contributed by atoms with Crippen molar-refractivity contribution in [2.45, 2.75) is 32.2 Å². The number of benzene rings is 1. The van der Waals surface area contributed by atoms with Crippen molar-refractivity contribution in [3.05, 3.63) is 29.8 Å². The van der Waals surface area contributed by atoms with Crippen molar-refractivity contribution in [3.8, 4) is 0 Å². The van der Waals surface area contributed by atoms with E-state index in [1.165, 1.54) is 0 Å². The second-order valence-corrected chi connectivity index (χ2v) is 7.86. The van der Waals surface area contributed by atoms with Crippen LogP contribution in [0.15, 0.2) is 24.3 Å². The number of aryl methyl sites for hydroxylation is 1. The number of aliphatic carboxylic acids is 1. The van der Waals surface area contributed by atoms with Gasteiger partial charge in [-0.1, -0.05) is 17.7 Å². The summed E-state index contributed by atoms with van der Waals surface area (Å²) in [6.07, 6.45) is 1.18. The lowest BCUT2D eigenvalue weighted by Crippen LogP contribution is -2.42. The van der Waals surface area contributed by atoms with Crippen LogP contribution in [0.3, 0.4) is 0 Å². The largest absolute Gasteiger partial charge is 0.481 e. The van der Waals surface area contributed by atoms with Gasteiger partial charge in [-0.3, -0.25) is 4.79 Å². The highest BCUT2D eigenvalue weighted by atomic mass is 32.2. The predicted octanol–water partition coefficient (Wildman–Crippen LogP) is 1.85. The maximum absolute atomic E-state index is 11.6. The number of nitrogens with zero attached hydrogens (tertiary/aromatic N) is 1. The zero-order valence-corrected chi connectivity index (χ0v) is 13.0. The zero-order valence-electron chi connectivity index (χ0n) is 12.2. The van der Waals surface area contributed by atoms with Crippen molar-refractivity contribution in [3.63, 3.8) is 0 Å². The number of carboxylic acids is 1. The molecule has 0 aromatic heterocycles. The summed E-state index contributed by atoms with van der Waals surface area (Å²) in [7, 11) is -2.91. The number of hydrogen-bond acceptors (Lipinski definition) is 4. The molecule has 0 unspecified atom stereocenters. The van der Waals surface area contributed by atoms with E-state index in [4.69, 9.17) is 5.11 Å². The van der Waals surface area contributed by atoms with E-state index in [1.54, 1.807) is 0 Å². The molecule has 1 fully saturated rings. The Labute approximate surface area is 125 Å². The summed E-state index contributed by atoms with van der Waals surface area (Å²) in [6, 6.07) is 8.02. The van der Waals surface area contributed by atoms with E-state index in [0.717, 1.165) is 11.3 Å². The minimum absolute atomic E-state index is 0.0527. The third-order valence-corrected chi connectivity index (χ3v) is 5.61. The van der Waals surface area contributed by atoms with E-state index in [2.05, 4.69) is 0 Å². The van der Waals surface area contributed by atoms with E-state index < -0.39 is 15.8 Å². The van der Waals surface area contributed by atoms with E-state index in [1.807, 2.05) is 36.1 Å². The van der Waals surface area contributed by atoms with Crippen LogP contribution in [0.25, 0.3) is 0 Å². The minimum Gasteiger partial charge on any atom is -0.481 e. The quantitative estimate of drug-likeness (QED) is 0.898. The molecule has 0 saturated carbocycles. The Bertz CT molecular complexity index is 581. The normalized spacial score (nSPS) is 18.3. The van der Waals surface area contributed by atoms with Gasteiger partial charge in [0.2, 0.25) is 0 Å². The molecule has 1 aliphatic rings. The monoisotopic (exact) mass is 311 g/mol. The molecule has 0 radical (unpaired) electrons. The summed E-state index contributed by atoms with van der Waals surface area (Å²) in [5.41, 5.74) is 2.11. The Kier molecular flexibility index (Phi) is 4.88. The molecule has 0 aliphatic carbocycles. The van der Waals surface area contributed by atoms with Gasteiger partial charge in [0.05, 0.1) is 17.9 Å². The van der Waals surface area contributed by atoms with Gasteiger partial charge < -0.3 is 10.0 Å². The Balaban J connectivity index is 2.15. The van der Waals surface area contributed by atoms with E-state index in [9.17, 15) is 13.2 Å². The lowest BCUT2D eigenvalue weighted by atomic mass is 10.1. The summed E-state index contributed by atoms with van der Waals surface area (Å²) in [5.74, 6) is -0.462. The van der Waals surface area contributed by atoms with Gasteiger partial charge in [0, 0.05) is 18.3 Å². The highest BCUT2D eigenvalue weighted by Crippen LogP contribution is 2.25. The van der Waals surface area contributed by atoms with Gasteiger partial charge in [-0.05, 0) is 31.9 Å². The molecule has 1 aromatic rings. The highest BCUT2D eigenvalue weighted by Gasteiger charge is 2.28. The molecule has 21 heavy (non-hydrogen) atoms. The van der Waals surface area contributed by atoms with Crippen molar-refractivity contribution in [2.75, 3.05) is 23.0 Å². The average molecular weight is 311 g/mol. The number of carbonyl (C=O) groups is 1. The van der Waals surface area contributed by atoms with Gasteiger partial charge in [-0.15, -0.1) is 0 Å². The van der Waals surface area contributed by atoms with E-state index >= 15 is 0 Å². The molecule has 116 valence electrons. The van der Waals surface area contributed by atoms with Crippen LogP contribution < -0.4 is 4.90 Å². The van der Waals surface area contributed by atoms with Gasteiger partial charge in [0.1, 0.15) is 9.84 Å². The summed E-state index contributed by atoms with van der Waals surface area (Å²) < 4.78 is 23.1. The van der Waals surface area contributed by atoms with Crippen LogP contribution in [0.5, 0.6) is 0 Å².